The fourth-order valence-corrected chi connectivity index (χ4v) is 2.09. The first kappa shape index (κ1) is 14.6. The molecule has 0 heterocycles. The predicted molar refractivity (Wildman–Crippen MR) is 67.5 cm³/mol. The third-order valence-electron chi connectivity index (χ3n) is 2.76. The van der Waals surface area contributed by atoms with E-state index in [0.29, 0.717) is 5.92 Å². The standard InChI is InChI=1S/C12H24Cl2/c1-3-4-7-12(10-14)8-5-6-11(2)9-13/h11-12H,3-10H2,1-2H3. The molecule has 14 heavy (non-hydrogen) atoms. The molecule has 2 heteroatoms. The van der Waals surface area contributed by atoms with Crippen LogP contribution in [0, 0.1) is 11.8 Å². The lowest BCUT2D eigenvalue weighted by atomic mass is 9.95. The van der Waals surface area contributed by atoms with E-state index in [2.05, 4.69) is 13.8 Å². The highest BCUT2D eigenvalue weighted by molar-refractivity contribution is 6.18. The van der Waals surface area contributed by atoms with E-state index in [0.717, 1.165) is 17.7 Å². The minimum absolute atomic E-state index is 0.666. The summed E-state index contributed by atoms with van der Waals surface area (Å²) in [4.78, 5) is 0. The van der Waals surface area contributed by atoms with Crippen LogP contribution in [0.25, 0.3) is 0 Å². The van der Waals surface area contributed by atoms with E-state index in [-0.39, 0.29) is 0 Å². The third-order valence-corrected chi connectivity index (χ3v) is 3.72. The van der Waals surface area contributed by atoms with Gasteiger partial charge in [-0.05, 0) is 31.1 Å². The lowest BCUT2D eigenvalue weighted by Crippen LogP contribution is -2.04. The summed E-state index contributed by atoms with van der Waals surface area (Å²) < 4.78 is 0. The minimum Gasteiger partial charge on any atom is -0.126 e. The van der Waals surface area contributed by atoms with Crippen LogP contribution in [0.5, 0.6) is 0 Å². The molecule has 0 spiro atoms. The Labute approximate surface area is 99.4 Å². The lowest BCUT2D eigenvalue weighted by Gasteiger charge is -2.14. The summed E-state index contributed by atoms with van der Waals surface area (Å²) >= 11 is 11.7. The normalized spacial score (nSPS) is 15.4. The van der Waals surface area contributed by atoms with Crippen molar-refractivity contribution in [3.05, 3.63) is 0 Å². The average molecular weight is 239 g/mol. The Hall–Kier alpha value is 0.580. The van der Waals surface area contributed by atoms with Gasteiger partial charge in [-0.1, -0.05) is 33.1 Å². The van der Waals surface area contributed by atoms with Crippen molar-refractivity contribution in [2.75, 3.05) is 11.8 Å². The fraction of sp³-hybridized carbons (Fsp3) is 1.00. The number of rotatable bonds is 9. The second-order valence-electron chi connectivity index (χ2n) is 4.35. The second-order valence-corrected chi connectivity index (χ2v) is 4.97. The third kappa shape index (κ3) is 7.94. The molecule has 86 valence electrons. The number of hydrogen-bond donors (Lipinski definition) is 0. The van der Waals surface area contributed by atoms with E-state index in [1.54, 1.807) is 0 Å². The molecule has 0 aromatic rings. The van der Waals surface area contributed by atoms with Crippen LogP contribution in [0.15, 0.2) is 0 Å². The van der Waals surface area contributed by atoms with Gasteiger partial charge in [-0.15, -0.1) is 23.2 Å². The number of halogens is 2. The summed E-state index contributed by atoms with van der Waals surface area (Å²) in [6.07, 6.45) is 7.73. The zero-order valence-corrected chi connectivity index (χ0v) is 11.1. The Morgan fingerprint density at radius 2 is 1.57 bits per heavy atom. The van der Waals surface area contributed by atoms with Crippen molar-refractivity contribution >= 4 is 23.2 Å². The number of alkyl halides is 2. The zero-order chi connectivity index (χ0) is 10.8. The molecule has 0 N–H and O–H groups in total. The van der Waals surface area contributed by atoms with Gasteiger partial charge in [0.15, 0.2) is 0 Å². The quantitative estimate of drug-likeness (QED) is 0.492. The molecular weight excluding hydrogens is 215 g/mol. The van der Waals surface area contributed by atoms with Crippen molar-refractivity contribution < 1.29 is 0 Å². The molecule has 0 bridgehead atoms. The Morgan fingerprint density at radius 3 is 2.07 bits per heavy atom. The van der Waals surface area contributed by atoms with Crippen LogP contribution in [-0.4, -0.2) is 11.8 Å². The van der Waals surface area contributed by atoms with Gasteiger partial charge in [-0.3, -0.25) is 0 Å². The van der Waals surface area contributed by atoms with Crippen molar-refractivity contribution in [2.45, 2.75) is 52.4 Å². The Bertz CT molecular complexity index is 115. The molecule has 0 aromatic carbocycles. The van der Waals surface area contributed by atoms with Gasteiger partial charge >= 0.3 is 0 Å². The van der Waals surface area contributed by atoms with Gasteiger partial charge < -0.3 is 0 Å². The molecule has 0 saturated heterocycles. The van der Waals surface area contributed by atoms with Crippen LogP contribution < -0.4 is 0 Å². The van der Waals surface area contributed by atoms with Crippen molar-refractivity contribution in [1.82, 2.24) is 0 Å². The molecule has 0 aromatic heterocycles. The second kappa shape index (κ2) is 10.1. The van der Waals surface area contributed by atoms with Crippen LogP contribution in [0.4, 0.5) is 0 Å². The van der Waals surface area contributed by atoms with Gasteiger partial charge in [0, 0.05) is 11.8 Å². The molecule has 0 radical (unpaired) electrons. The summed E-state index contributed by atoms with van der Waals surface area (Å²) in [7, 11) is 0. The van der Waals surface area contributed by atoms with E-state index in [1.807, 2.05) is 0 Å². The molecule has 0 nitrogen and oxygen atoms in total. The summed E-state index contributed by atoms with van der Waals surface area (Å²) in [6.45, 7) is 4.45. The molecule has 2 unspecified atom stereocenters. The highest BCUT2D eigenvalue weighted by Crippen LogP contribution is 2.19. The SMILES string of the molecule is CCCCC(CCl)CCCC(C)CCl. The summed E-state index contributed by atoms with van der Waals surface area (Å²) in [5.41, 5.74) is 0. The molecule has 0 fully saturated rings. The Balaban J connectivity index is 3.42. The van der Waals surface area contributed by atoms with Gasteiger partial charge in [-0.2, -0.15) is 0 Å². The monoisotopic (exact) mass is 238 g/mol. The van der Waals surface area contributed by atoms with E-state index >= 15 is 0 Å². The smallest absolute Gasteiger partial charge is 0.0251 e. The van der Waals surface area contributed by atoms with Gasteiger partial charge in [0.25, 0.3) is 0 Å². The van der Waals surface area contributed by atoms with Crippen molar-refractivity contribution in [3.63, 3.8) is 0 Å². The average Bonchev–Trinajstić information content (AvgIpc) is 2.22. The molecule has 2 atom stereocenters. The first-order valence-corrected chi connectivity index (χ1v) is 6.93. The van der Waals surface area contributed by atoms with Gasteiger partial charge in [0.05, 0.1) is 0 Å². The predicted octanol–water partition coefficient (Wildman–Crippen LogP) is 5.08. The van der Waals surface area contributed by atoms with Gasteiger partial charge in [-0.25, -0.2) is 0 Å². The zero-order valence-electron chi connectivity index (χ0n) is 9.57. The lowest BCUT2D eigenvalue weighted by molar-refractivity contribution is 0.430. The van der Waals surface area contributed by atoms with E-state index < -0.39 is 0 Å². The fourth-order valence-electron chi connectivity index (χ4n) is 1.62. The molecular formula is C12H24Cl2. The van der Waals surface area contributed by atoms with Crippen LogP contribution in [-0.2, 0) is 0 Å². The van der Waals surface area contributed by atoms with Gasteiger partial charge in [0.1, 0.15) is 0 Å². The van der Waals surface area contributed by atoms with Crippen LogP contribution in [0.2, 0.25) is 0 Å². The summed E-state index contributed by atoms with van der Waals surface area (Å²) in [5.74, 6) is 3.02. The topological polar surface area (TPSA) is 0 Å². The molecule has 0 saturated carbocycles. The number of hydrogen-bond acceptors (Lipinski definition) is 0. The maximum Gasteiger partial charge on any atom is 0.0251 e. The molecule has 0 rings (SSSR count). The Morgan fingerprint density at radius 1 is 0.929 bits per heavy atom. The maximum absolute atomic E-state index is 5.93. The maximum atomic E-state index is 5.93. The largest absolute Gasteiger partial charge is 0.126 e. The van der Waals surface area contributed by atoms with Crippen molar-refractivity contribution in [1.29, 1.82) is 0 Å². The Kier molecular flexibility index (Phi) is 10.5. The van der Waals surface area contributed by atoms with Gasteiger partial charge in [0.2, 0.25) is 0 Å². The van der Waals surface area contributed by atoms with E-state index in [9.17, 15) is 0 Å². The van der Waals surface area contributed by atoms with Crippen LogP contribution >= 0.6 is 23.2 Å². The summed E-state index contributed by atoms with van der Waals surface area (Å²) in [6, 6.07) is 0. The highest BCUT2D eigenvalue weighted by atomic mass is 35.5. The van der Waals surface area contributed by atoms with E-state index in [1.165, 1.54) is 38.5 Å². The van der Waals surface area contributed by atoms with Crippen LogP contribution in [0.1, 0.15) is 52.4 Å². The summed E-state index contributed by atoms with van der Waals surface area (Å²) in [5, 5.41) is 0. The first-order valence-electron chi connectivity index (χ1n) is 5.86. The molecule has 0 amide bonds. The van der Waals surface area contributed by atoms with Crippen molar-refractivity contribution in [2.24, 2.45) is 11.8 Å². The first-order chi connectivity index (χ1) is 6.74. The highest BCUT2D eigenvalue weighted by Gasteiger charge is 2.07. The molecule has 0 aliphatic rings. The molecule has 0 aliphatic carbocycles. The van der Waals surface area contributed by atoms with E-state index in [4.69, 9.17) is 23.2 Å². The van der Waals surface area contributed by atoms with Crippen molar-refractivity contribution in [3.8, 4) is 0 Å². The molecule has 0 aliphatic heterocycles. The number of unbranched alkanes of at least 4 members (excludes halogenated alkanes) is 1. The van der Waals surface area contributed by atoms with Crippen LogP contribution in [0.3, 0.4) is 0 Å². The minimum atomic E-state index is 0.666.